The van der Waals surface area contributed by atoms with E-state index in [9.17, 15) is 13.2 Å². The zero-order chi connectivity index (χ0) is 25.9. The van der Waals surface area contributed by atoms with E-state index in [4.69, 9.17) is 19.8 Å². The molecule has 1 aliphatic heterocycles. The molecule has 1 saturated heterocycles. The number of hydrogen-bond donors (Lipinski definition) is 3. The van der Waals surface area contributed by atoms with Crippen molar-refractivity contribution in [1.29, 1.82) is 0 Å². The van der Waals surface area contributed by atoms with Gasteiger partial charge in [0.1, 0.15) is 10.6 Å². The number of aliphatic hydroxyl groups excluding tert-OH is 1. The third kappa shape index (κ3) is 5.15. The third-order valence-electron chi connectivity index (χ3n) is 6.58. The summed E-state index contributed by atoms with van der Waals surface area (Å²) in [5, 5.41) is 14.1. The lowest BCUT2D eigenvalue weighted by Crippen LogP contribution is -2.37. The smallest absolute Gasteiger partial charge is 0.319 e. The van der Waals surface area contributed by atoms with Crippen molar-refractivity contribution in [3.05, 3.63) is 66.4 Å². The summed E-state index contributed by atoms with van der Waals surface area (Å²) in [6, 6.07) is 16.9. The van der Waals surface area contributed by atoms with Crippen LogP contribution in [0.15, 0.2) is 65.6 Å². The van der Waals surface area contributed by atoms with E-state index in [2.05, 4.69) is 15.5 Å². The van der Waals surface area contributed by atoms with Gasteiger partial charge in [0, 0.05) is 37.0 Å². The van der Waals surface area contributed by atoms with Crippen molar-refractivity contribution in [2.45, 2.75) is 22.5 Å². The van der Waals surface area contributed by atoms with Crippen LogP contribution >= 0.6 is 0 Å². The number of rotatable bonds is 8. The lowest BCUT2D eigenvalue weighted by atomic mass is 10.1. The van der Waals surface area contributed by atoms with Gasteiger partial charge in [-0.1, -0.05) is 18.2 Å². The molecule has 0 spiro atoms. The number of nitrogens with one attached hydrogen (secondary N) is 2. The Hall–Kier alpha value is -3.54. The molecule has 10 nitrogen and oxygen atoms in total. The first-order chi connectivity index (χ1) is 17.9. The van der Waals surface area contributed by atoms with Crippen LogP contribution in [-0.4, -0.2) is 69.0 Å². The van der Waals surface area contributed by atoms with Gasteiger partial charge in [-0.25, -0.2) is 23.2 Å². The number of nitrogens with zero attached hydrogens (tertiary/aromatic N) is 3. The van der Waals surface area contributed by atoms with Gasteiger partial charge in [-0.3, -0.25) is 0 Å². The second kappa shape index (κ2) is 10.4. The number of sulfone groups is 1. The summed E-state index contributed by atoms with van der Waals surface area (Å²) < 4.78 is 31.8. The second-order valence-electron chi connectivity index (χ2n) is 9.03. The van der Waals surface area contributed by atoms with Gasteiger partial charge in [-0.05, 0) is 49.2 Å². The highest BCUT2D eigenvalue weighted by molar-refractivity contribution is 7.92. The molecule has 2 heterocycles. The van der Waals surface area contributed by atoms with E-state index in [1.807, 2.05) is 6.07 Å². The van der Waals surface area contributed by atoms with Crippen LogP contribution < -0.4 is 15.5 Å². The molecule has 0 bridgehead atoms. The molecule has 194 valence electrons. The number of carbonyl (C=O) groups excluding carboxylic acids is 1. The van der Waals surface area contributed by atoms with Gasteiger partial charge >= 0.3 is 6.03 Å². The fourth-order valence-corrected chi connectivity index (χ4v) is 6.39. The highest BCUT2D eigenvalue weighted by atomic mass is 32.2. The summed E-state index contributed by atoms with van der Waals surface area (Å²) in [7, 11) is -3.66. The Morgan fingerprint density at radius 1 is 1.03 bits per heavy atom. The lowest BCUT2D eigenvalue weighted by Gasteiger charge is -2.29. The number of urea groups is 1. The highest BCUT2D eigenvalue weighted by Gasteiger charge is 2.58. The van der Waals surface area contributed by atoms with Crippen molar-refractivity contribution < 1.29 is 23.1 Å². The number of carbonyl (C=O) groups is 1. The maximum atomic E-state index is 13.7. The Kier molecular flexibility index (Phi) is 7.09. The van der Waals surface area contributed by atoms with Crippen molar-refractivity contribution in [2.75, 3.05) is 49.7 Å². The predicted molar refractivity (Wildman–Crippen MR) is 139 cm³/mol. The molecule has 2 aliphatic rings. The van der Waals surface area contributed by atoms with Gasteiger partial charge in [0.05, 0.1) is 30.4 Å². The molecule has 2 amide bonds. The third-order valence-corrected chi connectivity index (χ3v) is 9.12. The van der Waals surface area contributed by atoms with Crippen LogP contribution in [-0.2, 0) is 19.3 Å². The topological polar surface area (TPSA) is 134 Å². The summed E-state index contributed by atoms with van der Waals surface area (Å²) in [4.78, 5) is 23.8. The van der Waals surface area contributed by atoms with Crippen molar-refractivity contribution in [1.82, 2.24) is 15.3 Å². The largest absolute Gasteiger partial charge is 0.395 e. The molecule has 0 radical (unpaired) electrons. The summed E-state index contributed by atoms with van der Waals surface area (Å²) in [6.07, 6.45) is 0.990. The van der Waals surface area contributed by atoms with Crippen LogP contribution in [0.25, 0.3) is 11.4 Å². The average molecular weight is 524 g/mol. The first kappa shape index (κ1) is 25.1. The number of amides is 2. The Morgan fingerprint density at radius 3 is 2.38 bits per heavy atom. The van der Waals surface area contributed by atoms with E-state index in [-0.39, 0.29) is 18.0 Å². The van der Waals surface area contributed by atoms with Crippen molar-refractivity contribution >= 4 is 27.4 Å². The van der Waals surface area contributed by atoms with Crippen LogP contribution in [0.4, 0.5) is 16.3 Å². The maximum Gasteiger partial charge on any atom is 0.319 e. The van der Waals surface area contributed by atoms with Gasteiger partial charge in [0.2, 0.25) is 0 Å². The summed E-state index contributed by atoms with van der Waals surface area (Å²) in [6.45, 7) is 2.46. The fraction of sp³-hybridized carbons (Fsp3) is 0.346. The number of hydrogen-bond acceptors (Lipinski definition) is 8. The molecule has 37 heavy (non-hydrogen) atoms. The normalized spacial score (nSPS) is 16.7. The number of morpholine rings is 1. The van der Waals surface area contributed by atoms with Crippen LogP contribution in [0.2, 0.25) is 0 Å². The number of aromatic nitrogens is 2. The van der Waals surface area contributed by atoms with Crippen molar-refractivity contribution in [2.24, 2.45) is 0 Å². The van der Waals surface area contributed by atoms with Crippen LogP contribution in [0.5, 0.6) is 0 Å². The van der Waals surface area contributed by atoms with Crippen LogP contribution in [0, 0.1) is 0 Å². The molecular formula is C26H29N5O5S. The first-order valence-corrected chi connectivity index (χ1v) is 13.7. The lowest BCUT2D eigenvalue weighted by molar-refractivity contribution is 0.122. The van der Waals surface area contributed by atoms with E-state index in [0.29, 0.717) is 67.7 Å². The molecule has 2 aromatic carbocycles. The van der Waals surface area contributed by atoms with Crippen LogP contribution in [0.3, 0.4) is 0 Å². The number of aliphatic hydroxyl groups is 1. The molecule has 5 rings (SSSR count). The maximum absolute atomic E-state index is 13.7. The zero-order valence-electron chi connectivity index (χ0n) is 20.3. The Labute approximate surface area is 215 Å². The fourth-order valence-electron chi connectivity index (χ4n) is 4.40. The van der Waals surface area contributed by atoms with Gasteiger partial charge in [0.15, 0.2) is 15.7 Å². The van der Waals surface area contributed by atoms with E-state index in [0.717, 1.165) is 0 Å². The van der Waals surface area contributed by atoms with Gasteiger partial charge in [0.25, 0.3) is 0 Å². The second-order valence-corrected chi connectivity index (χ2v) is 11.3. The van der Waals surface area contributed by atoms with Gasteiger partial charge in [-0.15, -0.1) is 0 Å². The molecule has 1 aromatic heterocycles. The van der Waals surface area contributed by atoms with Gasteiger partial charge in [-0.2, -0.15) is 0 Å². The van der Waals surface area contributed by atoms with Crippen molar-refractivity contribution in [3.8, 4) is 11.4 Å². The Balaban J connectivity index is 1.51. The molecule has 1 saturated carbocycles. The van der Waals surface area contributed by atoms with E-state index in [1.54, 1.807) is 54.6 Å². The van der Waals surface area contributed by atoms with Crippen molar-refractivity contribution in [3.63, 3.8) is 0 Å². The first-order valence-electron chi connectivity index (χ1n) is 12.2. The molecule has 3 N–H and O–H groups in total. The minimum Gasteiger partial charge on any atom is -0.395 e. The van der Waals surface area contributed by atoms with E-state index in [1.165, 1.54) is 0 Å². The molecule has 0 unspecified atom stereocenters. The quantitative estimate of drug-likeness (QED) is 0.410. The van der Waals surface area contributed by atoms with Crippen LogP contribution in [0.1, 0.15) is 18.5 Å². The molecule has 11 heteroatoms. The average Bonchev–Trinajstić information content (AvgIpc) is 3.76. The number of ether oxygens (including phenoxy) is 1. The summed E-state index contributed by atoms with van der Waals surface area (Å²) >= 11 is 0. The van der Waals surface area contributed by atoms with E-state index >= 15 is 0 Å². The Morgan fingerprint density at radius 2 is 1.73 bits per heavy atom. The minimum atomic E-state index is -3.66. The molecule has 3 aromatic rings. The van der Waals surface area contributed by atoms with Gasteiger partial charge < -0.3 is 25.4 Å². The minimum absolute atomic E-state index is 0.146. The zero-order valence-corrected chi connectivity index (χ0v) is 21.1. The number of benzene rings is 2. The molecule has 0 atom stereocenters. The number of anilines is 2. The predicted octanol–water partition coefficient (Wildman–Crippen LogP) is 2.56. The molecule has 1 aliphatic carbocycles. The molecular weight excluding hydrogens is 494 g/mol. The monoisotopic (exact) mass is 523 g/mol. The summed E-state index contributed by atoms with van der Waals surface area (Å²) in [5.41, 5.74) is 1.76. The summed E-state index contributed by atoms with van der Waals surface area (Å²) in [5.74, 6) is 1.09. The molecule has 2 fully saturated rings. The highest BCUT2D eigenvalue weighted by Crippen LogP contribution is 2.55. The Bertz CT molecular complexity index is 1360. The van der Waals surface area contributed by atoms with E-state index < -0.39 is 20.6 Å². The SMILES string of the molecule is O=C(NCCO)Nc1ccc(-c2nc(N3CCOCC3)cc(C3(S(=O)(=O)c4ccccc4)CC3)n2)cc1. The standard InChI is InChI=1S/C26H29N5O5S/c32-15-12-27-25(33)28-20-8-6-19(7-9-20)24-29-22(18-23(30-24)31-13-16-36-17-14-31)26(10-11-26)37(34,35)21-4-2-1-3-5-21/h1-9,18,32H,10-17H2,(H2,27,28,33).